The predicted molar refractivity (Wildman–Crippen MR) is 86.9 cm³/mol. The second-order valence-corrected chi connectivity index (χ2v) is 4.75. The summed E-state index contributed by atoms with van der Waals surface area (Å²) in [7, 11) is 0. The number of hydrogen-bond donors (Lipinski definition) is 1. The fourth-order valence-corrected chi connectivity index (χ4v) is 1.88. The Morgan fingerprint density at radius 1 is 1.05 bits per heavy atom. The molecule has 1 N–H and O–H groups in total. The van der Waals surface area contributed by atoms with Crippen LogP contribution in [0, 0.1) is 0 Å². The zero-order valence-electron chi connectivity index (χ0n) is 12.0. The lowest BCUT2D eigenvalue weighted by Crippen LogP contribution is -2.19. The molecule has 2 aromatic carbocycles. The van der Waals surface area contributed by atoms with Crippen molar-refractivity contribution in [1.82, 2.24) is 5.43 Å². The molecule has 0 aromatic heterocycles. The van der Waals surface area contributed by atoms with Gasteiger partial charge in [-0.1, -0.05) is 66.7 Å². The summed E-state index contributed by atoms with van der Waals surface area (Å²) in [6.07, 6.45) is 3.99. The molecule has 0 heterocycles. The molecule has 3 heteroatoms. The van der Waals surface area contributed by atoms with Crippen LogP contribution in [0.25, 0.3) is 6.08 Å². The van der Waals surface area contributed by atoms with Gasteiger partial charge in [0.15, 0.2) is 0 Å². The van der Waals surface area contributed by atoms with Gasteiger partial charge in [-0.2, -0.15) is 5.10 Å². The molecule has 0 spiro atoms. The molecular formula is C18H18N2O. The van der Waals surface area contributed by atoms with Crippen LogP contribution < -0.4 is 5.43 Å². The summed E-state index contributed by atoms with van der Waals surface area (Å²) in [5.41, 5.74) is 5.59. The van der Waals surface area contributed by atoms with E-state index < -0.39 is 0 Å². The molecule has 0 atom stereocenters. The number of nitrogens with zero attached hydrogens (tertiary/aromatic N) is 1. The van der Waals surface area contributed by atoms with Gasteiger partial charge < -0.3 is 0 Å². The third kappa shape index (κ3) is 5.45. The molecule has 2 rings (SSSR count). The molecule has 0 unspecified atom stereocenters. The van der Waals surface area contributed by atoms with Crippen LogP contribution in [0.3, 0.4) is 0 Å². The van der Waals surface area contributed by atoms with E-state index in [0.29, 0.717) is 6.42 Å². The van der Waals surface area contributed by atoms with Crippen molar-refractivity contribution in [2.75, 3.05) is 0 Å². The average molecular weight is 278 g/mol. The SMILES string of the molecule is CC(=Cc1ccccc1)/C=N\NC(=O)Cc1ccccc1. The second kappa shape index (κ2) is 7.80. The first-order valence-electron chi connectivity index (χ1n) is 6.83. The molecule has 0 radical (unpaired) electrons. The molecule has 0 saturated heterocycles. The molecular weight excluding hydrogens is 260 g/mol. The minimum absolute atomic E-state index is 0.120. The number of amides is 1. The molecule has 0 aliphatic rings. The maximum atomic E-state index is 11.7. The number of hydrogen-bond acceptors (Lipinski definition) is 2. The normalized spacial score (nSPS) is 11.6. The summed E-state index contributed by atoms with van der Waals surface area (Å²) in [6.45, 7) is 1.94. The number of allylic oxidation sites excluding steroid dienone is 1. The summed E-state index contributed by atoms with van der Waals surface area (Å²) in [5, 5.41) is 3.97. The lowest BCUT2D eigenvalue weighted by atomic mass is 10.1. The molecule has 0 saturated carbocycles. The second-order valence-electron chi connectivity index (χ2n) is 4.75. The standard InChI is InChI=1S/C18H18N2O/c1-15(12-16-8-4-2-5-9-16)14-19-20-18(21)13-17-10-6-3-7-11-17/h2-12,14H,13H2,1H3,(H,20,21)/b15-12?,19-14-. The van der Waals surface area contributed by atoms with Crippen LogP contribution in [0.15, 0.2) is 71.3 Å². The van der Waals surface area contributed by atoms with Gasteiger partial charge in [0.2, 0.25) is 5.91 Å². The summed E-state index contributed by atoms with van der Waals surface area (Å²) >= 11 is 0. The number of carbonyl (C=O) groups excluding carboxylic acids is 1. The molecule has 0 aliphatic carbocycles. The van der Waals surface area contributed by atoms with E-state index in [-0.39, 0.29) is 5.91 Å². The number of hydrazone groups is 1. The number of benzene rings is 2. The first-order valence-corrected chi connectivity index (χ1v) is 6.83. The first kappa shape index (κ1) is 14.7. The summed E-state index contributed by atoms with van der Waals surface area (Å²) in [5.74, 6) is -0.120. The van der Waals surface area contributed by atoms with Crippen LogP contribution in [0.5, 0.6) is 0 Å². The van der Waals surface area contributed by atoms with Crippen LogP contribution in [-0.4, -0.2) is 12.1 Å². The van der Waals surface area contributed by atoms with E-state index in [0.717, 1.165) is 16.7 Å². The van der Waals surface area contributed by atoms with Crippen LogP contribution in [0.1, 0.15) is 18.1 Å². The molecule has 2 aromatic rings. The number of nitrogens with one attached hydrogen (secondary N) is 1. The van der Waals surface area contributed by atoms with Crippen molar-refractivity contribution in [3.63, 3.8) is 0 Å². The van der Waals surface area contributed by atoms with Crippen molar-refractivity contribution >= 4 is 18.2 Å². The van der Waals surface area contributed by atoms with Crippen molar-refractivity contribution in [1.29, 1.82) is 0 Å². The Balaban J connectivity index is 1.84. The zero-order chi connectivity index (χ0) is 14.9. The topological polar surface area (TPSA) is 41.5 Å². The molecule has 21 heavy (non-hydrogen) atoms. The van der Waals surface area contributed by atoms with E-state index >= 15 is 0 Å². The lowest BCUT2D eigenvalue weighted by Gasteiger charge is -2.00. The Bertz CT molecular complexity index is 631. The molecule has 0 fully saturated rings. The van der Waals surface area contributed by atoms with Crippen molar-refractivity contribution in [3.8, 4) is 0 Å². The molecule has 0 aliphatic heterocycles. The highest BCUT2D eigenvalue weighted by atomic mass is 16.2. The van der Waals surface area contributed by atoms with Gasteiger partial charge in [-0.05, 0) is 23.6 Å². The van der Waals surface area contributed by atoms with Gasteiger partial charge in [0, 0.05) is 0 Å². The van der Waals surface area contributed by atoms with E-state index in [1.165, 1.54) is 0 Å². The summed E-state index contributed by atoms with van der Waals surface area (Å²) < 4.78 is 0. The highest BCUT2D eigenvalue weighted by Crippen LogP contribution is 2.04. The zero-order valence-corrected chi connectivity index (χ0v) is 12.0. The maximum absolute atomic E-state index is 11.7. The van der Waals surface area contributed by atoms with Gasteiger partial charge in [0.05, 0.1) is 12.6 Å². The first-order chi connectivity index (χ1) is 10.2. The van der Waals surface area contributed by atoms with Gasteiger partial charge in [-0.25, -0.2) is 5.43 Å². The summed E-state index contributed by atoms with van der Waals surface area (Å²) in [4.78, 5) is 11.7. The molecule has 3 nitrogen and oxygen atoms in total. The maximum Gasteiger partial charge on any atom is 0.244 e. The molecule has 106 valence electrons. The smallest absolute Gasteiger partial charge is 0.244 e. The molecule has 1 amide bonds. The lowest BCUT2D eigenvalue weighted by molar-refractivity contribution is -0.120. The van der Waals surface area contributed by atoms with Gasteiger partial charge >= 0.3 is 0 Å². The predicted octanol–water partition coefficient (Wildman–Crippen LogP) is 3.43. The Kier molecular flexibility index (Phi) is 5.47. The van der Waals surface area contributed by atoms with E-state index in [1.807, 2.05) is 73.7 Å². The Morgan fingerprint density at radius 3 is 2.33 bits per heavy atom. The Morgan fingerprint density at radius 2 is 1.67 bits per heavy atom. The van der Waals surface area contributed by atoms with Crippen molar-refractivity contribution in [2.45, 2.75) is 13.3 Å². The minimum atomic E-state index is -0.120. The van der Waals surface area contributed by atoms with Crippen molar-refractivity contribution in [3.05, 3.63) is 77.4 Å². The van der Waals surface area contributed by atoms with Crippen LogP contribution in [-0.2, 0) is 11.2 Å². The quantitative estimate of drug-likeness (QED) is 0.660. The number of carbonyl (C=O) groups is 1. The summed E-state index contributed by atoms with van der Waals surface area (Å²) in [6, 6.07) is 19.6. The van der Waals surface area contributed by atoms with Crippen LogP contribution in [0.4, 0.5) is 0 Å². The largest absolute Gasteiger partial charge is 0.273 e. The fourth-order valence-electron chi connectivity index (χ4n) is 1.88. The third-order valence-electron chi connectivity index (χ3n) is 2.86. The van der Waals surface area contributed by atoms with Gasteiger partial charge in [-0.3, -0.25) is 4.79 Å². The minimum Gasteiger partial charge on any atom is -0.273 e. The van der Waals surface area contributed by atoms with E-state index in [1.54, 1.807) is 6.21 Å². The van der Waals surface area contributed by atoms with Gasteiger partial charge in [0.25, 0.3) is 0 Å². The molecule has 0 bridgehead atoms. The van der Waals surface area contributed by atoms with Crippen molar-refractivity contribution < 1.29 is 4.79 Å². The van der Waals surface area contributed by atoms with Crippen LogP contribution in [0.2, 0.25) is 0 Å². The van der Waals surface area contributed by atoms with Crippen LogP contribution >= 0.6 is 0 Å². The van der Waals surface area contributed by atoms with Gasteiger partial charge in [0.1, 0.15) is 0 Å². The highest BCUT2D eigenvalue weighted by molar-refractivity contribution is 5.86. The third-order valence-corrected chi connectivity index (χ3v) is 2.86. The van der Waals surface area contributed by atoms with Crippen molar-refractivity contribution in [2.24, 2.45) is 5.10 Å². The Labute approximate surface area is 125 Å². The Hall–Kier alpha value is -2.68. The fraction of sp³-hybridized carbons (Fsp3) is 0.111. The highest BCUT2D eigenvalue weighted by Gasteiger charge is 2.00. The van der Waals surface area contributed by atoms with E-state index in [9.17, 15) is 4.79 Å². The van der Waals surface area contributed by atoms with Gasteiger partial charge in [-0.15, -0.1) is 0 Å². The number of rotatable bonds is 5. The van der Waals surface area contributed by atoms with E-state index in [4.69, 9.17) is 0 Å². The monoisotopic (exact) mass is 278 g/mol. The average Bonchev–Trinajstić information content (AvgIpc) is 2.49. The van der Waals surface area contributed by atoms with E-state index in [2.05, 4.69) is 10.5 Å².